The molecule has 0 fully saturated rings. The summed E-state index contributed by atoms with van der Waals surface area (Å²) < 4.78 is 14.8. The molecule has 1 amide bonds. The Morgan fingerprint density at radius 3 is 2.47 bits per heavy atom. The molecular weight excluding hydrogens is 392 g/mol. The number of nitrogens with one attached hydrogen (secondary N) is 2. The molecule has 0 aliphatic carbocycles. The van der Waals surface area contributed by atoms with E-state index in [1.165, 1.54) is 26.4 Å². The molecule has 0 aliphatic heterocycles. The Kier molecular flexibility index (Phi) is 8.18. The number of ether oxygens (including phenoxy) is 3. The highest BCUT2D eigenvalue weighted by atomic mass is 16.5. The van der Waals surface area contributed by atoms with Gasteiger partial charge in [0, 0.05) is 0 Å². The number of amides is 1. The van der Waals surface area contributed by atoms with Gasteiger partial charge in [0.05, 0.1) is 38.6 Å². The zero-order valence-corrected chi connectivity index (χ0v) is 16.9. The monoisotopic (exact) mass is 416 g/mol. The number of benzene rings is 2. The second-order valence-electron chi connectivity index (χ2n) is 6.08. The number of hydrogen-bond acceptors (Lipinski definition) is 8. The van der Waals surface area contributed by atoms with Crippen molar-refractivity contribution < 1.29 is 33.7 Å². The van der Waals surface area contributed by atoms with Crippen molar-refractivity contribution >= 4 is 23.5 Å². The molecule has 9 nitrogen and oxygen atoms in total. The average molecular weight is 416 g/mol. The summed E-state index contributed by atoms with van der Waals surface area (Å²) in [5, 5.41) is 15.4. The van der Waals surface area contributed by atoms with Crippen LogP contribution < -0.4 is 15.4 Å². The van der Waals surface area contributed by atoms with E-state index in [4.69, 9.17) is 14.2 Å². The summed E-state index contributed by atoms with van der Waals surface area (Å²) >= 11 is 0. The summed E-state index contributed by atoms with van der Waals surface area (Å²) in [5.41, 5.74) is 0.900. The number of para-hydroxylation sites is 1. The maximum atomic E-state index is 12.4. The van der Waals surface area contributed by atoms with Crippen LogP contribution in [0, 0.1) is 0 Å². The first-order valence-corrected chi connectivity index (χ1v) is 9.15. The van der Waals surface area contributed by atoms with Crippen LogP contribution in [0.4, 0.5) is 5.69 Å². The molecule has 0 spiro atoms. The van der Waals surface area contributed by atoms with Crippen LogP contribution in [0.5, 0.6) is 11.5 Å². The fraction of sp³-hybridized carbons (Fsp3) is 0.286. The third-order valence-electron chi connectivity index (χ3n) is 4.14. The van der Waals surface area contributed by atoms with Crippen molar-refractivity contribution in [3.63, 3.8) is 0 Å². The molecule has 0 radical (unpaired) electrons. The molecule has 3 N–H and O–H groups in total. The Labute approximate surface area is 173 Å². The summed E-state index contributed by atoms with van der Waals surface area (Å²) in [5.74, 6) is -1.59. The van der Waals surface area contributed by atoms with Gasteiger partial charge in [0.15, 0.2) is 11.5 Å². The van der Waals surface area contributed by atoms with Gasteiger partial charge in [0.25, 0.3) is 0 Å². The second-order valence-corrected chi connectivity index (χ2v) is 6.08. The minimum absolute atomic E-state index is 0.154. The van der Waals surface area contributed by atoms with Gasteiger partial charge in [0.1, 0.15) is 6.04 Å². The van der Waals surface area contributed by atoms with E-state index in [0.29, 0.717) is 11.3 Å². The molecule has 0 saturated carbocycles. The molecule has 2 aromatic rings. The van der Waals surface area contributed by atoms with Gasteiger partial charge in [-0.25, -0.2) is 9.59 Å². The number of phenolic OH excluding ortho intramolecular Hbond substituents is 1. The Hall–Kier alpha value is -3.59. The van der Waals surface area contributed by atoms with Gasteiger partial charge in [-0.3, -0.25) is 10.1 Å². The molecule has 0 aromatic heterocycles. The highest BCUT2D eigenvalue weighted by molar-refractivity contribution is 6.01. The van der Waals surface area contributed by atoms with Crippen LogP contribution in [-0.4, -0.2) is 50.3 Å². The van der Waals surface area contributed by atoms with Gasteiger partial charge in [-0.05, 0) is 36.8 Å². The second kappa shape index (κ2) is 10.8. The van der Waals surface area contributed by atoms with Crippen molar-refractivity contribution in [2.24, 2.45) is 0 Å². The lowest BCUT2D eigenvalue weighted by molar-refractivity contribution is -0.143. The van der Waals surface area contributed by atoms with Gasteiger partial charge < -0.3 is 24.6 Å². The maximum absolute atomic E-state index is 12.4. The Morgan fingerprint density at radius 1 is 1.10 bits per heavy atom. The Morgan fingerprint density at radius 2 is 1.83 bits per heavy atom. The van der Waals surface area contributed by atoms with Crippen LogP contribution >= 0.6 is 0 Å². The van der Waals surface area contributed by atoms with Crippen LogP contribution in [0.3, 0.4) is 0 Å². The lowest BCUT2D eigenvalue weighted by Crippen LogP contribution is -2.36. The standard InChI is InChI=1S/C21H24N2O7/c1-4-30-20(26)14-7-5-6-8-15(14)23-18(25)12-22-19(21(27)29-3)13-9-10-17(28-2)16(24)11-13/h5-11,19,22,24H,4,12H2,1-3H3,(H,23,25)/t19-/m1/s1. The molecule has 0 saturated heterocycles. The predicted molar refractivity (Wildman–Crippen MR) is 108 cm³/mol. The van der Waals surface area contributed by atoms with Crippen molar-refractivity contribution in [3.05, 3.63) is 53.6 Å². The van der Waals surface area contributed by atoms with Gasteiger partial charge >= 0.3 is 11.9 Å². The van der Waals surface area contributed by atoms with E-state index in [9.17, 15) is 19.5 Å². The fourth-order valence-corrected chi connectivity index (χ4v) is 2.71. The first-order valence-electron chi connectivity index (χ1n) is 9.15. The predicted octanol–water partition coefficient (Wildman–Crippen LogP) is 2.02. The molecule has 2 rings (SSSR count). The van der Waals surface area contributed by atoms with Crippen LogP contribution in [0.2, 0.25) is 0 Å². The summed E-state index contributed by atoms with van der Waals surface area (Å²) in [6.45, 7) is 1.63. The highest BCUT2D eigenvalue weighted by Crippen LogP contribution is 2.29. The van der Waals surface area contributed by atoms with E-state index < -0.39 is 23.9 Å². The van der Waals surface area contributed by atoms with E-state index in [-0.39, 0.29) is 30.2 Å². The summed E-state index contributed by atoms with van der Waals surface area (Å²) in [6, 6.07) is 9.85. The fourth-order valence-electron chi connectivity index (χ4n) is 2.71. The highest BCUT2D eigenvalue weighted by Gasteiger charge is 2.23. The third-order valence-corrected chi connectivity index (χ3v) is 4.14. The van der Waals surface area contributed by atoms with E-state index in [2.05, 4.69) is 10.6 Å². The first kappa shape index (κ1) is 22.7. The number of aromatic hydroxyl groups is 1. The van der Waals surface area contributed by atoms with Crippen LogP contribution in [0.15, 0.2) is 42.5 Å². The van der Waals surface area contributed by atoms with Crippen molar-refractivity contribution in [1.29, 1.82) is 0 Å². The third kappa shape index (κ3) is 5.71. The summed E-state index contributed by atoms with van der Waals surface area (Å²) in [4.78, 5) is 36.6. The number of rotatable bonds is 9. The molecule has 30 heavy (non-hydrogen) atoms. The zero-order chi connectivity index (χ0) is 22.1. The summed E-state index contributed by atoms with van der Waals surface area (Å²) in [7, 11) is 2.62. The molecule has 2 aromatic carbocycles. The quantitative estimate of drug-likeness (QED) is 0.531. The number of methoxy groups -OCH3 is 2. The number of carbonyl (C=O) groups excluding carboxylic acids is 3. The smallest absolute Gasteiger partial charge is 0.340 e. The normalized spacial score (nSPS) is 11.3. The molecule has 0 bridgehead atoms. The van der Waals surface area contributed by atoms with Crippen molar-refractivity contribution in [3.8, 4) is 11.5 Å². The molecule has 0 unspecified atom stereocenters. The number of phenols is 1. The molecule has 1 atom stereocenters. The molecule has 0 aliphatic rings. The summed E-state index contributed by atoms with van der Waals surface area (Å²) in [6.07, 6.45) is 0. The molecule has 160 valence electrons. The van der Waals surface area contributed by atoms with Crippen molar-refractivity contribution in [2.75, 3.05) is 32.7 Å². The number of carbonyl (C=O) groups is 3. The molecular formula is C21H24N2O7. The minimum atomic E-state index is -1.00. The number of anilines is 1. The minimum Gasteiger partial charge on any atom is -0.504 e. The number of hydrogen-bond donors (Lipinski definition) is 3. The Bertz CT molecular complexity index is 914. The van der Waals surface area contributed by atoms with E-state index in [0.717, 1.165) is 0 Å². The average Bonchev–Trinajstić information content (AvgIpc) is 2.74. The SMILES string of the molecule is CCOC(=O)c1ccccc1NC(=O)CN[C@@H](C(=O)OC)c1ccc(OC)c(O)c1. The van der Waals surface area contributed by atoms with E-state index in [1.54, 1.807) is 37.3 Å². The molecule has 0 heterocycles. The maximum Gasteiger partial charge on any atom is 0.340 e. The van der Waals surface area contributed by atoms with E-state index in [1.807, 2.05) is 0 Å². The van der Waals surface area contributed by atoms with Crippen molar-refractivity contribution in [1.82, 2.24) is 5.32 Å². The van der Waals surface area contributed by atoms with Crippen LogP contribution in [0.25, 0.3) is 0 Å². The first-order chi connectivity index (χ1) is 14.4. The Balaban J connectivity index is 2.11. The van der Waals surface area contributed by atoms with E-state index >= 15 is 0 Å². The zero-order valence-electron chi connectivity index (χ0n) is 16.9. The lowest BCUT2D eigenvalue weighted by atomic mass is 10.1. The van der Waals surface area contributed by atoms with Crippen LogP contribution in [0.1, 0.15) is 28.9 Å². The lowest BCUT2D eigenvalue weighted by Gasteiger charge is -2.18. The largest absolute Gasteiger partial charge is 0.504 e. The van der Waals surface area contributed by atoms with Gasteiger partial charge in [-0.15, -0.1) is 0 Å². The van der Waals surface area contributed by atoms with Crippen LogP contribution in [-0.2, 0) is 19.1 Å². The molecule has 9 heteroatoms. The topological polar surface area (TPSA) is 123 Å². The number of esters is 2. The van der Waals surface area contributed by atoms with Gasteiger partial charge in [0.2, 0.25) is 5.91 Å². The van der Waals surface area contributed by atoms with Crippen molar-refractivity contribution in [2.45, 2.75) is 13.0 Å². The van der Waals surface area contributed by atoms with Gasteiger partial charge in [-0.2, -0.15) is 0 Å². The van der Waals surface area contributed by atoms with Gasteiger partial charge in [-0.1, -0.05) is 18.2 Å².